The molecule has 6 nitrogen and oxygen atoms in total. The van der Waals surface area contributed by atoms with Crippen molar-refractivity contribution in [1.29, 1.82) is 0 Å². The molecule has 7 heteroatoms. The molecule has 2 aromatic rings. The van der Waals surface area contributed by atoms with Crippen molar-refractivity contribution < 1.29 is 13.2 Å². The number of hydrogen-bond acceptors (Lipinski definition) is 6. The van der Waals surface area contributed by atoms with Crippen molar-refractivity contribution >= 4 is 16.7 Å². The molecular weight excluding hydrogens is 254 g/mol. The average molecular weight is 265 g/mol. The van der Waals surface area contributed by atoms with Gasteiger partial charge in [-0.1, -0.05) is 12.1 Å². The van der Waals surface area contributed by atoms with E-state index in [0.29, 0.717) is 17.1 Å². The van der Waals surface area contributed by atoms with Crippen molar-refractivity contribution in [2.45, 2.75) is 4.90 Å². The van der Waals surface area contributed by atoms with Crippen LogP contribution in [0.15, 0.2) is 35.2 Å². The van der Waals surface area contributed by atoms with Gasteiger partial charge in [0, 0.05) is 11.6 Å². The zero-order valence-electron chi connectivity index (χ0n) is 9.53. The van der Waals surface area contributed by atoms with E-state index in [-0.39, 0.29) is 10.8 Å². The normalized spacial score (nSPS) is 10.6. The molecular formula is C11H11N3O3S. The van der Waals surface area contributed by atoms with Gasteiger partial charge in [0.25, 0.3) is 0 Å². The van der Waals surface area contributed by atoms with E-state index in [1.165, 1.54) is 19.2 Å². The van der Waals surface area contributed by atoms with Gasteiger partial charge in [-0.3, -0.25) is 0 Å². The fraction of sp³-hybridized carbons (Fsp3) is 0.0909. The Morgan fingerprint density at radius 3 is 2.67 bits per heavy atom. The third kappa shape index (κ3) is 2.57. The lowest BCUT2D eigenvalue weighted by Crippen LogP contribution is -1.99. The number of methoxy groups -OCH3 is 1. The molecule has 2 N–H and O–H groups in total. The molecule has 0 aliphatic heterocycles. The molecule has 0 saturated heterocycles. The van der Waals surface area contributed by atoms with E-state index >= 15 is 0 Å². The van der Waals surface area contributed by atoms with Crippen LogP contribution in [0.3, 0.4) is 0 Å². The Kier molecular flexibility index (Phi) is 3.42. The quantitative estimate of drug-likeness (QED) is 0.793. The summed E-state index contributed by atoms with van der Waals surface area (Å²) in [6.45, 7) is 0. The predicted octanol–water partition coefficient (Wildman–Crippen LogP) is 0.705. The maximum Gasteiger partial charge on any atom is 0.223 e. The lowest BCUT2D eigenvalue weighted by atomic mass is 10.1. The molecule has 1 aromatic heterocycles. The number of benzene rings is 1. The summed E-state index contributed by atoms with van der Waals surface area (Å²) in [5, 5.41) is 0. The van der Waals surface area contributed by atoms with Gasteiger partial charge in [-0.25, -0.2) is 13.4 Å². The number of anilines is 1. The number of ether oxygens (including phenoxy) is 1. The van der Waals surface area contributed by atoms with Gasteiger partial charge < -0.3 is 10.5 Å². The zero-order valence-corrected chi connectivity index (χ0v) is 10.4. The number of nitrogen functional groups attached to an aromatic ring is 1. The molecule has 94 valence electrons. The second-order valence-corrected chi connectivity index (χ2v) is 4.49. The number of nitrogens with zero attached hydrogens (tertiary/aromatic N) is 2. The Labute approximate surface area is 105 Å². The van der Waals surface area contributed by atoms with Gasteiger partial charge in [-0.15, -0.1) is 0 Å². The van der Waals surface area contributed by atoms with Crippen molar-refractivity contribution in [1.82, 2.24) is 9.97 Å². The maximum atomic E-state index is 10.9. The smallest absolute Gasteiger partial charge is 0.223 e. The highest BCUT2D eigenvalue weighted by Gasteiger charge is 2.06. The summed E-state index contributed by atoms with van der Waals surface area (Å²) in [6.07, 6.45) is 0. The van der Waals surface area contributed by atoms with Crippen LogP contribution >= 0.6 is 0 Å². The van der Waals surface area contributed by atoms with Crippen LogP contribution in [0.2, 0.25) is 0 Å². The molecule has 1 aromatic carbocycles. The maximum absolute atomic E-state index is 10.9. The summed E-state index contributed by atoms with van der Waals surface area (Å²) >= 11 is 0. The molecule has 0 amide bonds. The summed E-state index contributed by atoms with van der Waals surface area (Å²) in [6, 6.07) is 8.00. The van der Waals surface area contributed by atoms with Gasteiger partial charge in [0.2, 0.25) is 11.8 Å². The minimum absolute atomic E-state index is 0.0706. The van der Waals surface area contributed by atoms with Crippen LogP contribution in [0.4, 0.5) is 5.95 Å². The number of aromatic nitrogens is 2. The van der Waals surface area contributed by atoms with E-state index in [4.69, 9.17) is 10.5 Å². The fourth-order valence-electron chi connectivity index (χ4n) is 1.47. The summed E-state index contributed by atoms with van der Waals surface area (Å²) in [5.74, 6) is 0.399. The first-order chi connectivity index (χ1) is 8.60. The molecule has 0 radical (unpaired) electrons. The summed E-state index contributed by atoms with van der Waals surface area (Å²) in [7, 11) is -1.16. The summed E-state index contributed by atoms with van der Waals surface area (Å²) in [4.78, 5) is 8.12. The number of thiol groups is 1. The number of hydrogen-bond donors (Lipinski definition) is 2. The Balaban J connectivity index is 2.54. The SMILES string of the molecule is COc1cc(-c2cccc([SH](=O)=O)c2)nc(N)n1. The van der Waals surface area contributed by atoms with E-state index in [0.717, 1.165) is 0 Å². The van der Waals surface area contributed by atoms with Gasteiger partial charge >= 0.3 is 0 Å². The second kappa shape index (κ2) is 5.01. The van der Waals surface area contributed by atoms with Gasteiger partial charge in [0.1, 0.15) is 0 Å². The summed E-state index contributed by atoms with van der Waals surface area (Å²) in [5.41, 5.74) is 6.70. The molecule has 2 rings (SSSR count). The Bertz CT molecular complexity index is 648. The van der Waals surface area contributed by atoms with Gasteiger partial charge in [-0.2, -0.15) is 4.98 Å². The first-order valence-electron chi connectivity index (χ1n) is 5.03. The topological polar surface area (TPSA) is 95.2 Å². The highest BCUT2D eigenvalue weighted by Crippen LogP contribution is 2.22. The Morgan fingerprint density at radius 2 is 2.00 bits per heavy atom. The molecule has 0 atom stereocenters. The van der Waals surface area contributed by atoms with E-state index in [1.807, 2.05) is 0 Å². The van der Waals surface area contributed by atoms with Gasteiger partial charge in [-0.05, 0) is 12.1 Å². The fourth-order valence-corrected chi connectivity index (χ4v) is 1.93. The Morgan fingerprint density at radius 1 is 1.22 bits per heavy atom. The number of nitrogens with two attached hydrogens (primary N) is 1. The van der Waals surface area contributed by atoms with Crippen LogP contribution in [-0.2, 0) is 10.7 Å². The van der Waals surface area contributed by atoms with Crippen LogP contribution in [0.1, 0.15) is 0 Å². The number of rotatable bonds is 3. The van der Waals surface area contributed by atoms with Crippen LogP contribution in [0, 0.1) is 0 Å². The average Bonchev–Trinajstić information content (AvgIpc) is 2.38. The molecule has 0 unspecified atom stereocenters. The molecule has 0 aliphatic carbocycles. The monoisotopic (exact) mass is 265 g/mol. The zero-order chi connectivity index (χ0) is 13.1. The lowest BCUT2D eigenvalue weighted by molar-refractivity contribution is 0.398. The first-order valence-corrected chi connectivity index (χ1v) is 6.21. The lowest BCUT2D eigenvalue weighted by Gasteiger charge is -2.05. The minimum Gasteiger partial charge on any atom is -0.481 e. The third-order valence-electron chi connectivity index (χ3n) is 2.28. The third-order valence-corrected chi connectivity index (χ3v) is 2.98. The van der Waals surface area contributed by atoms with E-state index in [2.05, 4.69) is 9.97 Å². The van der Waals surface area contributed by atoms with Crippen molar-refractivity contribution in [3.8, 4) is 17.1 Å². The molecule has 0 aliphatic rings. The van der Waals surface area contributed by atoms with E-state index in [1.54, 1.807) is 18.2 Å². The molecule has 18 heavy (non-hydrogen) atoms. The molecule has 0 spiro atoms. The van der Waals surface area contributed by atoms with Crippen LogP contribution in [0.25, 0.3) is 11.3 Å². The van der Waals surface area contributed by atoms with Crippen molar-refractivity contribution in [2.24, 2.45) is 0 Å². The minimum atomic E-state index is -2.63. The van der Waals surface area contributed by atoms with Crippen molar-refractivity contribution in [3.63, 3.8) is 0 Å². The Hall–Kier alpha value is -2.15. The van der Waals surface area contributed by atoms with E-state index in [9.17, 15) is 8.42 Å². The van der Waals surface area contributed by atoms with Crippen LogP contribution in [-0.4, -0.2) is 25.5 Å². The molecule has 1 heterocycles. The van der Waals surface area contributed by atoms with Crippen molar-refractivity contribution in [3.05, 3.63) is 30.3 Å². The van der Waals surface area contributed by atoms with Gasteiger partial charge in [0.05, 0.1) is 17.7 Å². The standard InChI is InChI=1S/C11H11N3O3S/c1-17-10-6-9(13-11(12)14-10)7-3-2-4-8(5-7)18(15)16/h2-6,18H,1H3,(H2,12,13,14). The highest BCUT2D eigenvalue weighted by molar-refractivity contribution is 7.72. The first kappa shape index (κ1) is 12.3. The second-order valence-electron chi connectivity index (χ2n) is 3.46. The largest absolute Gasteiger partial charge is 0.481 e. The van der Waals surface area contributed by atoms with Gasteiger partial charge in [0.15, 0.2) is 10.7 Å². The van der Waals surface area contributed by atoms with Crippen molar-refractivity contribution in [2.75, 3.05) is 12.8 Å². The van der Waals surface area contributed by atoms with Crippen LogP contribution in [0.5, 0.6) is 5.88 Å². The highest BCUT2D eigenvalue weighted by atomic mass is 32.2. The summed E-state index contributed by atoms with van der Waals surface area (Å²) < 4.78 is 26.8. The molecule has 0 saturated carbocycles. The van der Waals surface area contributed by atoms with Crippen LogP contribution < -0.4 is 10.5 Å². The van der Waals surface area contributed by atoms with E-state index < -0.39 is 10.7 Å². The molecule has 0 fully saturated rings. The predicted molar refractivity (Wildman–Crippen MR) is 67.0 cm³/mol. The molecule has 0 bridgehead atoms.